The average Bonchev–Trinajstić information content (AvgIpc) is 3.54. The number of nitriles is 1. The van der Waals surface area contributed by atoms with Crippen LogP contribution in [0.3, 0.4) is 0 Å². The molecule has 2 heterocycles. The molecule has 2 amide bonds. The second-order valence-electron chi connectivity index (χ2n) is 9.96. The van der Waals surface area contributed by atoms with Crippen molar-refractivity contribution in [1.29, 1.82) is 5.26 Å². The molecule has 1 aliphatic carbocycles. The smallest absolute Gasteiger partial charge is 0.270 e. The van der Waals surface area contributed by atoms with Crippen molar-refractivity contribution in [2.24, 2.45) is 0 Å². The van der Waals surface area contributed by atoms with Crippen LogP contribution < -0.4 is 5.32 Å². The monoisotopic (exact) mass is 514 g/mol. The van der Waals surface area contributed by atoms with Gasteiger partial charge in [-0.25, -0.2) is 8.42 Å². The van der Waals surface area contributed by atoms with E-state index >= 15 is 0 Å². The molecule has 1 unspecified atom stereocenters. The van der Waals surface area contributed by atoms with E-state index in [0.29, 0.717) is 36.3 Å². The van der Waals surface area contributed by atoms with Crippen LogP contribution in [-0.4, -0.2) is 75.2 Å². The van der Waals surface area contributed by atoms with Crippen LogP contribution in [0.25, 0.3) is 0 Å². The molecule has 36 heavy (non-hydrogen) atoms. The zero-order chi connectivity index (χ0) is 26.3. The fourth-order valence-electron chi connectivity index (χ4n) is 4.65. The number of fused-ring (bicyclic) bond motifs is 1. The highest BCUT2D eigenvalue weighted by atomic mass is 32.2. The number of nitrogens with one attached hydrogen (secondary N) is 1. The summed E-state index contributed by atoms with van der Waals surface area (Å²) in [6.45, 7) is 2.98. The van der Waals surface area contributed by atoms with Crippen LogP contribution in [0.15, 0.2) is 36.4 Å². The molecule has 2 aliphatic rings. The lowest BCUT2D eigenvalue weighted by molar-refractivity contribution is 0.0665. The van der Waals surface area contributed by atoms with Crippen LogP contribution in [-0.2, 0) is 22.9 Å². The van der Waals surface area contributed by atoms with Gasteiger partial charge in [-0.2, -0.15) is 5.26 Å². The standard InChI is InChI=1S/C25H30N4O6S/c1-24(2,21(31)15-30)36(34,35)25(9-10-25)16-28-11-12-29-19(7-8-20(29)23(28)33)22(32)27-14-18-5-3-17(13-26)4-6-18/h3-8,21,30-31H,9-12,14-16H2,1-2H3,(H,27,32). The SMILES string of the molecule is CC(C)(C(O)CO)S(=O)(=O)C1(CN2CCn3c(C(=O)NCc4ccc(C#N)cc4)ccc3C2=O)CC1. The number of aliphatic hydroxyl groups excluding tert-OH is 2. The zero-order valence-corrected chi connectivity index (χ0v) is 21.1. The summed E-state index contributed by atoms with van der Waals surface area (Å²) in [6, 6.07) is 12.1. The third-order valence-corrected chi connectivity index (χ3v) is 10.7. The van der Waals surface area contributed by atoms with Gasteiger partial charge >= 0.3 is 0 Å². The molecular formula is C25H30N4O6S. The van der Waals surface area contributed by atoms with Crippen LogP contribution >= 0.6 is 0 Å². The Hall–Kier alpha value is -3.20. The summed E-state index contributed by atoms with van der Waals surface area (Å²) in [4.78, 5) is 27.5. The van der Waals surface area contributed by atoms with Crippen molar-refractivity contribution in [1.82, 2.24) is 14.8 Å². The molecule has 1 fully saturated rings. The Morgan fingerprint density at radius 2 is 1.86 bits per heavy atom. The molecule has 1 aromatic carbocycles. The van der Waals surface area contributed by atoms with E-state index in [1.54, 1.807) is 41.0 Å². The van der Waals surface area contributed by atoms with Gasteiger partial charge < -0.3 is 25.0 Å². The highest BCUT2D eigenvalue weighted by Gasteiger charge is 2.62. The van der Waals surface area contributed by atoms with Gasteiger partial charge in [0.2, 0.25) is 0 Å². The first-order valence-electron chi connectivity index (χ1n) is 11.8. The molecule has 0 radical (unpaired) electrons. The highest BCUT2D eigenvalue weighted by molar-refractivity contribution is 7.94. The largest absolute Gasteiger partial charge is 0.394 e. The molecule has 3 N–H and O–H groups in total. The second kappa shape index (κ2) is 9.35. The van der Waals surface area contributed by atoms with Gasteiger partial charge in [0.25, 0.3) is 11.8 Å². The molecule has 0 bridgehead atoms. The van der Waals surface area contributed by atoms with Crippen molar-refractivity contribution in [3.05, 3.63) is 58.9 Å². The van der Waals surface area contributed by atoms with E-state index in [1.165, 1.54) is 18.7 Å². The summed E-state index contributed by atoms with van der Waals surface area (Å²) >= 11 is 0. The van der Waals surface area contributed by atoms with Crippen molar-refractivity contribution in [3.63, 3.8) is 0 Å². The van der Waals surface area contributed by atoms with Gasteiger partial charge in [0.1, 0.15) is 11.4 Å². The number of amides is 2. The molecule has 11 heteroatoms. The Morgan fingerprint density at radius 3 is 2.44 bits per heavy atom. The zero-order valence-electron chi connectivity index (χ0n) is 20.3. The normalized spacial score (nSPS) is 17.8. The van der Waals surface area contributed by atoms with Gasteiger partial charge in [0.05, 0.1) is 33.8 Å². The van der Waals surface area contributed by atoms with E-state index in [4.69, 9.17) is 5.26 Å². The number of aromatic nitrogens is 1. The van der Waals surface area contributed by atoms with E-state index in [-0.39, 0.29) is 31.4 Å². The number of sulfone groups is 1. The first-order valence-corrected chi connectivity index (χ1v) is 13.2. The Balaban J connectivity index is 1.46. The maximum absolute atomic E-state index is 13.4. The fraction of sp³-hybridized carbons (Fsp3) is 0.480. The molecule has 10 nitrogen and oxygen atoms in total. The third kappa shape index (κ3) is 4.30. The van der Waals surface area contributed by atoms with Crippen LogP contribution in [0.4, 0.5) is 0 Å². The summed E-state index contributed by atoms with van der Waals surface area (Å²) in [5.41, 5.74) is 2.02. The number of benzene rings is 1. The van der Waals surface area contributed by atoms with Crippen molar-refractivity contribution in [3.8, 4) is 6.07 Å². The first-order chi connectivity index (χ1) is 17.0. The minimum Gasteiger partial charge on any atom is -0.394 e. The van der Waals surface area contributed by atoms with Crippen molar-refractivity contribution < 1.29 is 28.2 Å². The number of carbonyl (C=O) groups is 2. The summed E-state index contributed by atoms with van der Waals surface area (Å²) in [5.74, 6) is -0.692. The number of nitrogens with zero attached hydrogens (tertiary/aromatic N) is 3. The lowest BCUT2D eigenvalue weighted by Gasteiger charge is -2.37. The molecular weight excluding hydrogens is 484 g/mol. The van der Waals surface area contributed by atoms with Gasteiger partial charge in [-0.3, -0.25) is 9.59 Å². The van der Waals surface area contributed by atoms with Crippen molar-refractivity contribution in [2.75, 3.05) is 19.7 Å². The van der Waals surface area contributed by atoms with E-state index < -0.39 is 32.0 Å². The van der Waals surface area contributed by atoms with Gasteiger partial charge in [-0.15, -0.1) is 0 Å². The Kier molecular flexibility index (Phi) is 6.72. The van der Waals surface area contributed by atoms with E-state index in [1.807, 2.05) is 6.07 Å². The van der Waals surface area contributed by atoms with E-state index in [2.05, 4.69) is 5.32 Å². The van der Waals surface area contributed by atoms with E-state index in [0.717, 1.165) is 5.56 Å². The fourth-order valence-corrected chi connectivity index (χ4v) is 7.17. The quantitative estimate of drug-likeness (QED) is 0.448. The number of hydrogen-bond donors (Lipinski definition) is 3. The molecule has 2 aromatic rings. The number of rotatable bonds is 9. The molecule has 0 spiro atoms. The lowest BCUT2D eigenvalue weighted by Crippen LogP contribution is -2.55. The highest BCUT2D eigenvalue weighted by Crippen LogP contribution is 2.49. The Labute approximate surface area is 210 Å². The Morgan fingerprint density at radius 1 is 1.19 bits per heavy atom. The van der Waals surface area contributed by atoms with Gasteiger partial charge in [0, 0.05) is 26.2 Å². The van der Waals surface area contributed by atoms with Crippen LogP contribution in [0.1, 0.15) is 58.8 Å². The van der Waals surface area contributed by atoms with Crippen molar-refractivity contribution >= 4 is 21.7 Å². The molecule has 1 saturated carbocycles. The topological polar surface area (TPSA) is 153 Å². The van der Waals surface area contributed by atoms with Gasteiger partial charge in [-0.1, -0.05) is 12.1 Å². The summed E-state index contributed by atoms with van der Waals surface area (Å²) < 4.78 is 25.7. The number of hydrogen-bond acceptors (Lipinski definition) is 7. The van der Waals surface area contributed by atoms with Gasteiger partial charge in [-0.05, 0) is 56.5 Å². The predicted octanol–water partition coefficient (Wildman–Crippen LogP) is 0.825. The summed E-state index contributed by atoms with van der Waals surface area (Å²) in [5, 5.41) is 31.2. The number of carbonyl (C=O) groups excluding carboxylic acids is 2. The van der Waals surface area contributed by atoms with Gasteiger partial charge in [0.15, 0.2) is 9.84 Å². The third-order valence-electron chi connectivity index (χ3n) is 7.37. The van der Waals surface area contributed by atoms with Crippen molar-refractivity contribution in [2.45, 2.75) is 55.4 Å². The minimum atomic E-state index is -3.88. The first kappa shape index (κ1) is 25.9. The molecule has 0 saturated heterocycles. The van der Waals surface area contributed by atoms with Crippen LogP contribution in [0, 0.1) is 11.3 Å². The van der Waals surface area contributed by atoms with E-state index in [9.17, 15) is 28.2 Å². The lowest BCUT2D eigenvalue weighted by atomic mass is 10.1. The maximum atomic E-state index is 13.4. The molecule has 4 rings (SSSR count). The maximum Gasteiger partial charge on any atom is 0.270 e. The minimum absolute atomic E-state index is 0.00114. The predicted molar refractivity (Wildman–Crippen MR) is 131 cm³/mol. The summed E-state index contributed by atoms with van der Waals surface area (Å²) in [6.07, 6.45) is -0.672. The van der Waals surface area contributed by atoms with Crippen LogP contribution in [0.2, 0.25) is 0 Å². The average molecular weight is 515 g/mol. The number of aliphatic hydroxyl groups is 2. The van der Waals surface area contributed by atoms with Crippen LogP contribution in [0.5, 0.6) is 0 Å². The second-order valence-corrected chi connectivity index (χ2v) is 12.9. The molecule has 1 aliphatic heterocycles. The summed E-state index contributed by atoms with van der Waals surface area (Å²) in [7, 11) is -3.88. The molecule has 1 atom stereocenters. The Bertz CT molecular complexity index is 1320. The molecule has 192 valence electrons. The molecule has 1 aromatic heterocycles.